The summed E-state index contributed by atoms with van der Waals surface area (Å²) < 4.78 is 0. The number of aromatic hydroxyl groups is 2. The Balaban J connectivity index is 1.55. The second-order valence-electron chi connectivity index (χ2n) is 8.14. The Morgan fingerprint density at radius 2 is 1.13 bits per heavy atom. The second kappa shape index (κ2) is 8.42. The van der Waals surface area contributed by atoms with Gasteiger partial charge in [-0.15, -0.1) is 0 Å². The first kappa shape index (κ1) is 19.6. The highest BCUT2D eigenvalue weighted by atomic mass is 16.3. The molecule has 1 aliphatic rings. The lowest BCUT2D eigenvalue weighted by atomic mass is 10.0. The number of hydrogen-bond acceptors (Lipinski definition) is 4. The van der Waals surface area contributed by atoms with Crippen molar-refractivity contribution in [1.29, 1.82) is 0 Å². The van der Waals surface area contributed by atoms with Gasteiger partial charge in [0.15, 0.2) is 0 Å². The lowest BCUT2D eigenvalue weighted by Gasteiger charge is -2.32. The molecule has 0 atom stereocenters. The normalized spacial score (nSPS) is 15.6. The van der Waals surface area contributed by atoms with Gasteiger partial charge in [0.25, 0.3) is 0 Å². The Bertz CT molecular complexity index is 1150. The first-order valence-electron chi connectivity index (χ1n) is 10.7. The second-order valence-corrected chi connectivity index (χ2v) is 8.14. The number of phenols is 2. The molecule has 4 aromatic carbocycles. The summed E-state index contributed by atoms with van der Waals surface area (Å²) in [5.41, 5.74) is 3.11. The van der Waals surface area contributed by atoms with E-state index in [1.807, 2.05) is 36.4 Å². The van der Waals surface area contributed by atoms with E-state index in [1.165, 1.54) is 16.3 Å². The summed E-state index contributed by atoms with van der Waals surface area (Å²) in [5.74, 6) is 0.664. The minimum absolute atomic E-state index is 0.0466. The molecular formula is C27H26N2O2. The molecule has 0 radical (unpaired) electrons. The zero-order valence-electron chi connectivity index (χ0n) is 17.4. The minimum Gasteiger partial charge on any atom is -0.508 e. The van der Waals surface area contributed by atoms with E-state index < -0.39 is 0 Å². The van der Waals surface area contributed by atoms with E-state index in [2.05, 4.69) is 52.3 Å². The van der Waals surface area contributed by atoms with Gasteiger partial charge in [-0.2, -0.15) is 0 Å². The summed E-state index contributed by atoms with van der Waals surface area (Å²) >= 11 is 0. The summed E-state index contributed by atoms with van der Waals surface area (Å²) in [6, 6.07) is 30.1. The molecule has 0 aromatic heterocycles. The van der Waals surface area contributed by atoms with E-state index in [0.29, 0.717) is 24.6 Å². The third-order valence-electron chi connectivity index (χ3n) is 6.20. The molecule has 2 N–H and O–H groups in total. The van der Waals surface area contributed by atoms with E-state index in [0.717, 1.165) is 24.2 Å². The number of fused-ring (bicyclic) bond motifs is 1. The summed E-state index contributed by atoms with van der Waals surface area (Å²) in [7, 11) is 0. The van der Waals surface area contributed by atoms with Crippen molar-refractivity contribution < 1.29 is 10.2 Å². The standard InChI is InChI=1S/C27H26N2O2/c30-25-14-5-2-9-21(25)18-28-16-17-29(19-22-10-3-6-15-26(22)31)27(28)24-13-7-11-20-8-1-4-12-23(20)24/h1-15,27,30-31H,16-19H2. The summed E-state index contributed by atoms with van der Waals surface area (Å²) in [5, 5.41) is 23.2. The Labute approximate surface area is 182 Å². The van der Waals surface area contributed by atoms with Gasteiger partial charge in [-0.3, -0.25) is 9.80 Å². The molecule has 0 amide bonds. The molecule has 0 saturated carbocycles. The van der Waals surface area contributed by atoms with Gasteiger partial charge in [0.2, 0.25) is 0 Å². The van der Waals surface area contributed by atoms with E-state index in [9.17, 15) is 10.2 Å². The van der Waals surface area contributed by atoms with Crippen LogP contribution in [0.3, 0.4) is 0 Å². The first-order chi connectivity index (χ1) is 15.2. The van der Waals surface area contributed by atoms with E-state index >= 15 is 0 Å². The van der Waals surface area contributed by atoms with Crippen molar-refractivity contribution in [1.82, 2.24) is 9.80 Å². The van der Waals surface area contributed by atoms with Gasteiger partial charge in [0.05, 0.1) is 6.17 Å². The molecule has 1 fully saturated rings. The molecule has 0 spiro atoms. The Kier molecular flexibility index (Phi) is 5.33. The van der Waals surface area contributed by atoms with Crippen LogP contribution in [-0.2, 0) is 13.1 Å². The Hall–Kier alpha value is -3.34. The fourth-order valence-corrected chi connectivity index (χ4v) is 4.66. The smallest absolute Gasteiger partial charge is 0.120 e. The molecule has 4 heteroatoms. The van der Waals surface area contributed by atoms with Crippen LogP contribution in [0.15, 0.2) is 91.0 Å². The lowest BCUT2D eigenvalue weighted by Crippen LogP contribution is -2.30. The lowest BCUT2D eigenvalue weighted by molar-refractivity contribution is 0.125. The molecule has 0 bridgehead atoms. The van der Waals surface area contributed by atoms with E-state index in [4.69, 9.17) is 0 Å². The average molecular weight is 411 g/mol. The van der Waals surface area contributed by atoms with Crippen molar-refractivity contribution in [2.24, 2.45) is 0 Å². The van der Waals surface area contributed by atoms with Crippen LogP contribution >= 0.6 is 0 Å². The maximum absolute atomic E-state index is 10.4. The van der Waals surface area contributed by atoms with Crippen molar-refractivity contribution in [2.45, 2.75) is 19.3 Å². The molecule has 1 heterocycles. The Morgan fingerprint density at radius 1 is 0.613 bits per heavy atom. The molecular weight excluding hydrogens is 384 g/mol. The van der Waals surface area contributed by atoms with Gasteiger partial charge in [-0.1, -0.05) is 78.9 Å². The summed E-state index contributed by atoms with van der Waals surface area (Å²) in [4.78, 5) is 4.83. The Morgan fingerprint density at radius 3 is 1.74 bits per heavy atom. The van der Waals surface area contributed by atoms with Crippen molar-refractivity contribution in [2.75, 3.05) is 13.1 Å². The van der Waals surface area contributed by atoms with Crippen LogP contribution in [0.1, 0.15) is 22.9 Å². The van der Waals surface area contributed by atoms with Crippen LogP contribution in [0.25, 0.3) is 10.8 Å². The molecule has 0 unspecified atom stereocenters. The molecule has 1 saturated heterocycles. The molecule has 1 aliphatic heterocycles. The predicted octanol–water partition coefficient (Wildman–Crippen LogP) is 5.27. The van der Waals surface area contributed by atoms with Gasteiger partial charge in [0.1, 0.15) is 11.5 Å². The highest BCUT2D eigenvalue weighted by Gasteiger charge is 2.34. The van der Waals surface area contributed by atoms with Gasteiger partial charge < -0.3 is 10.2 Å². The highest BCUT2D eigenvalue weighted by molar-refractivity contribution is 5.86. The number of para-hydroxylation sites is 2. The fourth-order valence-electron chi connectivity index (χ4n) is 4.66. The van der Waals surface area contributed by atoms with Gasteiger partial charge in [-0.25, -0.2) is 0 Å². The summed E-state index contributed by atoms with van der Waals surface area (Å²) in [6.45, 7) is 3.10. The van der Waals surface area contributed by atoms with Gasteiger partial charge >= 0.3 is 0 Å². The fraction of sp³-hybridized carbons (Fsp3) is 0.185. The van der Waals surface area contributed by atoms with Crippen molar-refractivity contribution in [3.05, 3.63) is 108 Å². The third-order valence-corrected chi connectivity index (χ3v) is 6.20. The molecule has 4 aromatic rings. The van der Waals surface area contributed by atoms with Crippen LogP contribution in [0.2, 0.25) is 0 Å². The van der Waals surface area contributed by atoms with Crippen LogP contribution in [-0.4, -0.2) is 33.1 Å². The number of nitrogens with zero attached hydrogens (tertiary/aromatic N) is 2. The minimum atomic E-state index is 0.0466. The number of benzene rings is 4. The quantitative estimate of drug-likeness (QED) is 0.471. The zero-order valence-corrected chi connectivity index (χ0v) is 17.4. The number of hydrogen-bond donors (Lipinski definition) is 2. The summed E-state index contributed by atoms with van der Waals surface area (Å²) in [6.07, 6.45) is 0.0466. The van der Waals surface area contributed by atoms with Crippen molar-refractivity contribution in [3.8, 4) is 11.5 Å². The van der Waals surface area contributed by atoms with Crippen molar-refractivity contribution in [3.63, 3.8) is 0 Å². The van der Waals surface area contributed by atoms with E-state index in [1.54, 1.807) is 12.1 Å². The topological polar surface area (TPSA) is 46.9 Å². The van der Waals surface area contributed by atoms with E-state index in [-0.39, 0.29) is 6.17 Å². The third kappa shape index (κ3) is 3.88. The first-order valence-corrected chi connectivity index (χ1v) is 10.7. The molecule has 4 nitrogen and oxygen atoms in total. The van der Waals surface area contributed by atoms with Gasteiger partial charge in [0, 0.05) is 37.3 Å². The largest absolute Gasteiger partial charge is 0.508 e. The average Bonchev–Trinajstić information content (AvgIpc) is 3.18. The van der Waals surface area contributed by atoms with Gasteiger partial charge in [-0.05, 0) is 28.5 Å². The zero-order chi connectivity index (χ0) is 21.2. The SMILES string of the molecule is Oc1ccccc1CN1CCN(Cc2ccccc2O)C1c1cccc2ccccc12. The molecule has 31 heavy (non-hydrogen) atoms. The number of rotatable bonds is 5. The maximum atomic E-state index is 10.4. The maximum Gasteiger partial charge on any atom is 0.120 e. The highest BCUT2D eigenvalue weighted by Crippen LogP contribution is 2.37. The molecule has 156 valence electrons. The molecule has 5 rings (SSSR count). The predicted molar refractivity (Wildman–Crippen MR) is 124 cm³/mol. The molecule has 0 aliphatic carbocycles. The van der Waals surface area contributed by atoms with Crippen LogP contribution in [0.5, 0.6) is 11.5 Å². The monoisotopic (exact) mass is 410 g/mol. The van der Waals surface area contributed by atoms with Crippen LogP contribution < -0.4 is 0 Å². The van der Waals surface area contributed by atoms with Crippen molar-refractivity contribution >= 4 is 10.8 Å². The van der Waals surface area contributed by atoms with Crippen LogP contribution in [0, 0.1) is 0 Å². The number of phenolic OH excluding ortho intramolecular Hbond substituents is 2. The van der Waals surface area contributed by atoms with Crippen LogP contribution in [0.4, 0.5) is 0 Å².